The van der Waals surface area contributed by atoms with Crippen molar-refractivity contribution in [1.29, 1.82) is 5.26 Å². The van der Waals surface area contributed by atoms with E-state index in [-0.39, 0.29) is 5.95 Å². The summed E-state index contributed by atoms with van der Waals surface area (Å²) in [4.78, 5) is 8.36. The van der Waals surface area contributed by atoms with Crippen LogP contribution >= 0.6 is 11.8 Å². The highest BCUT2D eigenvalue weighted by atomic mass is 32.2. The van der Waals surface area contributed by atoms with Gasteiger partial charge in [0.05, 0.1) is 6.26 Å². The molecule has 2 heterocycles. The summed E-state index contributed by atoms with van der Waals surface area (Å²) in [6, 6.07) is 15.8. The standard InChI is InChI=1S/C17H14N4OS/c18-11-13-15(14-7-4-9-22-14)20-17(19)21-16(13)23-10-8-12-5-2-1-3-6-12/h1-7,9H,8,10H2,(H2,19,20,21). The molecular weight excluding hydrogens is 308 g/mol. The maximum Gasteiger partial charge on any atom is 0.221 e. The van der Waals surface area contributed by atoms with Crippen molar-refractivity contribution in [2.45, 2.75) is 11.4 Å². The number of hydrogen-bond acceptors (Lipinski definition) is 6. The lowest BCUT2D eigenvalue weighted by Gasteiger charge is -2.07. The zero-order valence-electron chi connectivity index (χ0n) is 12.3. The second-order valence-corrected chi connectivity index (χ2v) is 5.87. The van der Waals surface area contributed by atoms with Gasteiger partial charge in [0, 0.05) is 5.75 Å². The Hall–Kier alpha value is -2.78. The minimum atomic E-state index is 0.137. The second kappa shape index (κ2) is 6.99. The third-order valence-corrected chi connectivity index (χ3v) is 4.21. The van der Waals surface area contributed by atoms with E-state index >= 15 is 0 Å². The summed E-state index contributed by atoms with van der Waals surface area (Å²) in [6.07, 6.45) is 2.42. The van der Waals surface area contributed by atoms with Gasteiger partial charge in [-0.1, -0.05) is 30.3 Å². The van der Waals surface area contributed by atoms with Crippen LogP contribution < -0.4 is 5.73 Å². The number of nitrogen functional groups attached to an aromatic ring is 1. The summed E-state index contributed by atoms with van der Waals surface area (Å²) < 4.78 is 5.34. The van der Waals surface area contributed by atoms with E-state index in [9.17, 15) is 5.26 Å². The third-order valence-electron chi connectivity index (χ3n) is 3.23. The van der Waals surface area contributed by atoms with Gasteiger partial charge in [-0.05, 0) is 24.1 Å². The number of aromatic nitrogens is 2. The van der Waals surface area contributed by atoms with E-state index in [1.165, 1.54) is 23.6 Å². The van der Waals surface area contributed by atoms with Crippen molar-refractivity contribution in [3.8, 4) is 17.5 Å². The predicted octanol–water partition coefficient (Wildman–Crippen LogP) is 3.53. The van der Waals surface area contributed by atoms with E-state index in [4.69, 9.17) is 10.2 Å². The highest BCUT2D eigenvalue weighted by molar-refractivity contribution is 7.99. The Morgan fingerprint density at radius 3 is 2.65 bits per heavy atom. The summed E-state index contributed by atoms with van der Waals surface area (Å²) in [7, 11) is 0. The molecule has 6 heteroatoms. The molecular formula is C17H14N4OS. The monoisotopic (exact) mass is 322 g/mol. The first-order chi connectivity index (χ1) is 11.3. The fraction of sp³-hybridized carbons (Fsp3) is 0.118. The van der Waals surface area contributed by atoms with Gasteiger partial charge < -0.3 is 10.2 Å². The summed E-state index contributed by atoms with van der Waals surface area (Å²) in [5, 5.41) is 10.1. The zero-order chi connectivity index (χ0) is 16.1. The van der Waals surface area contributed by atoms with E-state index in [0.717, 1.165) is 12.2 Å². The molecule has 0 aliphatic rings. The van der Waals surface area contributed by atoms with Crippen LogP contribution in [0.25, 0.3) is 11.5 Å². The molecule has 23 heavy (non-hydrogen) atoms. The predicted molar refractivity (Wildman–Crippen MR) is 89.7 cm³/mol. The van der Waals surface area contributed by atoms with Gasteiger partial charge in [0.1, 0.15) is 22.4 Å². The third kappa shape index (κ3) is 3.52. The minimum Gasteiger partial charge on any atom is -0.463 e. The molecule has 0 amide bonds. The molecule has 0 spiro atoms. The van der Waals surface area contributed by atoms with Gasteiger partial charge in [0.15, 0.2) is 5.76 Å². The number of aryl methyl sites for hydroxylation is 1. The summed E-state index contributed by atoms with van der Waals surface area (Å²) in [5.41, 5.74) is 7.86. The van der Waals surface area contributed by atoms with Crippen LogP contribution in [0, 0.1) is 11.3 Å². The van der Waals surface area contributed by atoms with E-state index in [1.807, 2.05) is 18.2 Å². The van der Waals surface area contributed by atoms with Crippen molar-refractivity contribution < 1.29 is 4.42 Å². The molecule has 5 nitrogen and oxygen atoms in total. The Morgan fingerprint density at radius 1 is 1.13 bits per heavy atom. The Kier molecular flexibility index (Phi) is 4.60. The van der Waals surface area contributed by atoms with Crippen LogP contribution in [-0.2, 0) is 6.42 Å². The molecule has 0 radical (unpaired) electrons. The Morgan fingerprint density at radius 2 is 1.96 bits per heavy atom. The molecule has 3 aromatic rings. The van der Waals surface area contributed by atoms with Crippen LogP contribution in [0.2, 0.25) is 0 Å². The number of benzene rings is 1. The van der Waals surface area contributed by atoms with Crippen LogP contribution in [0.15, 0.2) is 58.2 Å². The molecule has 0 bridgehead atoms. The van der Waals surface area contributed by atoms with Gasteiger partial charge in [-0.25, -0.2) is 9.97 Å². The number of nitriles is 1. The number of thioether (sulfide) groups is 1. The van der Waals surface area contributed by atoms with Gasteiger partial charge in [0.2, 0.25) is 5.95 Å². The number of anilines is 1. The number of nitrogens with zero attached hydrogens (tertiary/aromatic N) is 3. The lowest BCUT2D eigenvalue weighted by atomic mass is 10.2. The number of rotatable bonds is 5. The van der Waals surface area contributed by atoms with Crippen molar-refractivity contribution in [2.75, 3.05) is 11.5 Å². The molecule has 114 valence electrons. The lowest BCUT2D eigenvalue weighted by Crippen LogP contribution is -2.02. The topological polar surface area (TPSA) is 88.7 Å². The van der Waals surface area contributed by atoms with Crippen molar-refractivity contribution in [2.24, 2.45) is 0 Å². The van der Waals surface area contributed by atoms with E-state index in [2.05, 4.69) is 28.2 Å². The highest BCUT2D eigenvalue weighted by Crippen LogP contribution is 2.30. The van der Waals surface area contributed by atoms with Gasteiger partial charge in [-0.15, -0.1) is 11.8 Å². The van der Waals surface area contributed by atoms with Crippen LogP contribution in [0.3, 0.4) is 0 Å². The fourth-order valence-corrected chi connectivity index (χ4v) is 3.14. The quantitative estimate of drug-likeness (QED) is 0.571. The molecule has 1 aromatic carbocycles. The number of hydrogen-bond donors (Lipinski definition) is 1. The average molecular weight is 322 g/mol. The van der Waals surface area contributed by atoms with Crippen LogP contribution in [0.1, 0.15) is 11.1 Å². The second-order valence-electron chi connectivity index (χ2n) is 4.78. The van der Waals surface area contributed by atoms with Gasteiger partial charge in [-0.2, -0.15) is 5.26 Å². The molecule has 0 saturated heterocycles. The largest absolute Gasteiger partial charge is 0.463 e. The van der Waals surface area contributed by atoms with Crippen molar-refractivity contribution >= 4 is 17.7 Å². The first kappa shape index (κ1) is 15.1. The van der Waals surface area contributed by atoms with Crippen molar-refractivity contribution in [1.82, 2.24) is 9.97 Å². The Bertz CT molecular complexity index is 826. The summed E-state index contributed by atoms with van der Waals surface area (Å²) >= 11 is 1.50. The molecule has 0 unspecified atom stereocenters. The van der Waals surface area contributed by atoms with Crippen LogP contribution in [-0.4, -0.2) is 15.7 Å². The Labute approximate surface area is 138 Å². The molecule has 0 fully saturated rings. The average Bonchev–Trinajstić information content (AvgIpc) is 3.10. The Balaban J connectivity index is 1.83. The van der Waals surface area contributed by atoms with Gasteiger partial charge in [0.25, 0.3) is 0 Å². The van der Waals surface area contributed by atoms with E-state index in [1.54, 1.807) is 12.1 Å². The smallest absolute Gasteiger partial charge is 0.221 e. The van der Waals surface area contributed by atoms with E-state index in [0.29, 0.717) is 22.0 Å². The van der Waals surface area contributed by atoms with Crippen molar-refractivity contribution in [3.63, 3.8) is 0 Å². The zero-order valence-corrected chi connectivity index (χ0v) is 13.1. The number of furan rings is 1. The SMILES string of the molecule is N#Cc1c(SCCc2ccccc2)nc(N)nc1-c1ccco1. The summed E-state index contributed by atoms with van der Waals surface area (Å²) in [5.74, 6) is 1.45. The lowest BCUT2D eigenvalue weighted by molar-refractivity contribution is 0.579. The summed E-state index contributed by atoms with van der Waals surface area (Å²) in [6.45, 7) is 0. The van der Waals surface area contributed by atoms with Crippen LogP contribution in [0.5, 0.6) is 0 Å². The first-order valence-corrected chi connectivity index (χ1v) is 8.04. The number of nitrogens with two attached hydrogens (primary N) is 1. The first-order valence-electron chi connectivity index (χ1n) is 7.06. The molecule has 2 aromatic heterocycles. The molecule has 0 saturated carbocycles. The molecule has 0 atom stereocenters. The maximum atomic E-state index is 9.48. The van der Waals surface area contributed by atoms with Gasteiger partial charge in [-0.3, -0.25) is 0 Å². The molecule has 3 rings (SSSR count). The van der Waals surface area contributed by atoms with Gasteiger partial charge >= 0.3 is 0 Å². The molecule has 0 aliphatic carbocycles. The molecule has 2 N–H and O–H groups in total. The normalized spacial score (nSPS) is 10.4. The maximum absolute atomic E-state index is 9.48. The molecule has 0 aliphatic heterocycles. The van der Waals surface area contributed by atoms with Crippen LogP contribution in [0.4, 0.5) is 5.95 Å². The van der Waals surface area contributed by atoms with Crippen molar-refractivity contribution in [3.05, 3.63) is 59.9 Å². The minimum absolute atomic E-state index is 0.137. The fourth-order valence-electron chi connectivity index (χ4n) is 2.16. The van der Waals surface area contributed by atoms with E-state index < -0.39 is 0 Å². The highest BCUT2D eigenvalue weighted by Gasteiger charge is 2.17.